The van der Waals surface area contributed by atoms with Crippen LogP contribution < -0.4 is 10.6 Å². The first kappa shape index (κ1) is 20.1. The molecule has 0 bridgehead atoms. The number of benzene rings is 2. The first-order valence-corrected chi connectivity index (χ1v) is 9.96. The molecule has 152 valence electrons. The largest absolute Gasteiger partial charge is 0.316 e. The third-order valence-electron chi connectivity index (χ3n) is 4.29. The van der Waals surface area contributed by atoms with Crippen molar-refractivity contribution >= 4 is 40.6 Å². The Hall–Kier alpha value is -3.23. The SMILES string of the molecule is Fc1cccc(Cn2ccc(NC(=S)Nc3ccn(Cc4ccccc4Cl)n3)n2)c1. The molecule has 0 fully saturated rings. The molecule has 6 nitrogen and oxygen atoms in total. The molecule has 0 saturated heterocycles. The van der Waals surface area contributed by atoms with Crippen molar-refractivity contribution in [1.29, 1.82) is 0 Å². The van der Waals surface area contributed by atoms with Crippen LogP contribution in [0.5, 0.6) is 0 Å². The first-order chi connectivity index (χ1) is 14.5. The number of anilines is 2. The van der Waals surface area contributed by atoms with E-state index in [1.807, 2.05) is 42.6 Å². The van der Waals surface area contributed by atoms with Crippen LogP contribution >= 0.6 is 23.8 Å². The predicted molar refractivity (Wildman–Crippen MR) is 120 cm³/mol. The number of halogens is 2. The lowest BCUT2D eigenvalue weighted by molar-refractivity contribution is 0.619. The van der Waals surface area contributed by atoms with Crippen molar-refractivity contribution in [3.8, 4) is 0 Å². The number of hydrogen-bond donors (Lipinski definition) is 2. The molecular formula is C21H18ClFN6S. The van der Waals surface area contributed by atoms with E-state index in [-0.39, 0.29) is 5.82 Å². The molecule has 2 N–H and O–H groups in total. The summed E-state index contributed by atoms with van der Waals surface area (Å²) in [6.45, 7) is 1.03. The second-order valence-electron chi connectivity index (χ2n) is 6.60. The molecule has 4 rings (SSSR count). The van der Waals surface area contributed by atoms with E-state index < -0.39 is 0 Å². The fraction of sp³-hybridized carbons (Fsp3) is 0.0952. The lowest BCUT2D eigenvalue weighted by atomic mass is 10.2. The average Bonchev–Trinajstić information content (AvgIpc) is 3.33. The summed E-state index contributed by atoms with van der Waals surface area (Å²) in [6, 6.07) is 17.7. The standard InChI is InChI=1S/C21H18ClFN6S/c22-18-7-2-1-5-16(18)14-29-11-9-20(27-29)25-21(30)24-19-8-10-28(26-19)13-15-4-3-6-17(23)12-15/h1-12H,13-14H2,(H2,24,25,26,27,30). The topological polar surface area (TPSA) is 59.7 Å². The van der Waals surface area contributed by atoms with Gasteiger partial charge in [-0.15, -0.1) is 0 Å². The van der Waals surface area contributed by atoms with E-state index in [0.717, 1.165) is 11.1 Å². The Morgan fingerprint density at radius 3 is 2.23 bits per heavy atom. The number of thiocarbonyl (C=S) groups is 1. The van der Waals surface area contributed by atoms with Crippen LogP contribution in [-0.4, -0.2) is 24.7 Å². The molecule has 4 aromatic rings. The van der Waals surface area contributed by atoms with Gasteiger partial charge in [-0.05, 0) is 41.5 Å². The highest BCUT2D eigenvalue weighted by Crippen LogP contribution is 2.16. The van der Waals surface area contributed by atoms with E-state index >= 15 is 0 Å². The van der Waals surface area contributed by atoms with Gasteiger partial charge in [0.1, 0.15) is 5.82 Å². The molecule has 0 amide bonds. The summed E-state index contributed by atoms with van der Waals surface area (Å²) >= 11 is 11.5. The average molecular weight is 441 g/mol. The quantitative estimate of drug-likeness (QED) is 0.423. The minimum absolute atomic E-state index is 0.266. The summed E-state index contributed by atoms with van der Waals surface area (Å²) in [6.07, 6.45) is 3.65. The molecule has 0 aliphatic carbocycles. The van der Waals surface area contributed by atoms with Crippen molar-refractivity contribution in [3.05, 3.63) is 95.0 Å². The molecule has 2 aromatic heterocycles. The highest BCUT2D eigenvalue weighted by atomic mass is 35.5. The van der Waals surface area contributed by atoms with Gasteiger partial charge in [0.2, 0.25) is 0 Å². The molecule has 0 saturated carbocycles. The molecule has 0 unspecified atom stereocenters. The van der Waals surface area contributed by atoms with Crippen LogP contribution in [0.1, 0.15) is 11.1 Å². The molecule has 0 atom stereocenters. The molecule has 9 heteroatoms. The zero-order chi connectivity index (χ0) is 20.9. The summed E-state index contributed by atoms with van der Waals surface area (Å²) in [4.78, 5) is 0. The van der Waals surface area contributed by atoms with Crippen LogP contribution in [0.2, 0.25) is 5.02 Å². The van der Waals surface area contributed by atoms with Gasteiger partial charge in [0.25, 0.3) is 0 Å². The Balaban J connectivity index is 1.32. The van der Waals surface area contributed by atoms with Crippen LogP contribution in [-0.2, 0) is 13.1 Å². The van der Waals surface area contributed by atoms with Crippen LogP contribution in [0.4, 0.5) is 16.0 Å². The van der Waals surface area contributed by atoms with Gasteiger partial charge in [-0.3, -0.25) is 9.36 Å². The minimum Gasteiger partial charge on any atom is -0.316 e. The van der Waals surface area contributed by atoms with E-state index in [9.17, 15) is 4.39 Å². The van der Waals surface area contributed by atoms with Gasteiger partial charge in [-0.2, -0.15) is 10.2 Å². The van der Waals surface area contributed by atoms with Crippen molar-refractivity contribution in [2.45, 2.75) is 13.1 Å². The minimum atomic E-state index is -0.266. The second kappa shape index (κ2) is 9.06. The highest BCUT2D eigenvalue weighted by molar-refractivity contribution is 7.80. The zero-order valence-corrected chi connectivity index (χ0v) is 17.4. The van der Waals surface area contributed by atoms with Gasteiger partial charge >= 0.3 is 0 Å². The van der Waals surface area contributed by atoms with Crippen LogP contribution in [0.15, 0.2) is 73.1 Å². The Morgan fingerprint density at radius 2 is 1.57 bits per heavy atom. The lowest BCUT2D eigenvalue weighted by Gasteiger charge is -2.07. The van der Waals surface area contributed by atoms with Gasteiger partial charge in [-0.1, -0.05) is 41.9 Å². The lowest BCUT2D eigenvalue weighted by Crippen LogP contribution is -2.20. The monoisotopic (exact) mass is 440 g/mol. The maximum atomic E-state index is 13.3. The van der Waals surface area contributed by atoms with Crippen molar-refractivity contribution in [2.75, 3.05) is 10.6 Å². The maximum absolute atomic E-state index is 13.3. The zero-order valence-electron chi connectivity index (χ0n) is 15.8. The number of hydrogen-bond acceptors (Lipinski definition) is 3. The predicted octanol–water partition coefficient (Wildman–Crippen LogP) is 4.78. The Bertz CT molecular complexity index is 1170. The van der Waals surface area contributed by atoms with Crippen molar-refractivity contribution in [3.63, 3.8) is 0 Å². The number of rotatable bonds is 6. The summed E-state index contributed by atoms with van der Waals surface area (Å²) in [5, 5.41) is 16.0. The summed E-state index contributed by atoms with van der Waals surface area (Å²) in [5.41, 5.74) is 1.81. The van der Waals surface area contributed by atoms with E-state index in [2.05, 4.69) is 20.8 Å². The Morgan fingerprint density at radius 1 is 0.900 bits per heavy atom. The third-order valence-corrected chi connectivity index (χ3v) is 4.86. The molecule has 2 aromatic carbocycles. The summed E-state index contributed by atoms with van der Waals surface area (Å²) in [7, 11) is 0. The normalized spacial score (nSPS) is 10.7. The van der Waals surface area contributed by atoms with Gasteiger partial charge in [-0.25, -0.2) is 4.39 Å². The Labute approximate surface area is 183 Å². The van der Waals surface area contributed by atoms with E-state index in [4.69, 9.17) is 23.8 Å². The first-order valence-electron chi connectivity index (χ1n) is 9.18. The van der Waals surface area contributed by atoms with Crippen molar-refractivity contribution < 1.29 is 4.39 Å². The fourth-order valence-corrected chi connectivity index (χ4v) is 3.32. The van der Waals surface area contributed by atoms with E-state index in [0.29, 0.717) is 34.9 Å². The number of nitrogens with one attached hydrogen (secondary N) is 2. The third kappa shape index (κ3) is 5.22. The Kier molecular flexibility index (Phi) is 6.06. The summed E-state index contributed by atoms with van der Waals surface area (Å²) < 4.78 is 16.8. The second-order valence-corrected chi connectivity index (χ2v) is 7.41. The number of nitrogens with zero attached hydrogens (tertiary/aromatic N) is 4. The number of aromatic nitrogens is 4. The molecular weight excluding hydrogens is 423 g/mol. The van der Waals surface area contributed by atoms with E-state index in [1.165, 1.54) is 12.1 Å². The fourth-order valence-electron chi connectivity index (χ4n) is 2.92. The molecule has 0 radical (unpaired) electrons. The highest BCUT2D eigenvalue weighted by Gasteiger charge is 2.07. The molecule has 30 heavy (non-hydrogen) atoms. The maximum Gasteiger partial charge on any atom is 0.177 e. The molecule has 0 aliphatic heterocycles. The van der Waals surface area contributed by atoms with Gasteiger partial charge in [0, 0.05) is 29.5 Å². The summed E-state index contributed by atoms with van der Waals surface area (Å²) in [5.74, 6) is 0.926. The van der Waals surface area contributed by atoms with E-state index in [1.54, 1.807) is 27.7 Å². The molecule has 2 heterocycles. The van der Waals surface area contributed by atoms with Gasteiger partial charge < -0.3 is 10.6 Å². The molecule has 0 spiro atoms. The van der Waals surface area contributed by atoms with Crippen molar-refractivity contribution in [1.82, 2.24) is 19.6 Å². The van der Waals surface area contributed by atoms with Crippen LogP contribution in [0.3, 0.4) is 0 Å². The van der Waals surface area contributed by atoms with Crippen molar-refractivity contribution in [2.24, 2.45) is 0 Å². The smallest absolute Gasteiger partial charge is 0.177 e. The van der Waals surface area contributed by atoms with Crippen LogP contribution in [0.25, 0.3) is 0 Å². The van der Waals surface area contributed by atoms with Gasteiger partial charge in [0.15, 0.2) is 16.7 Å². The molecule has 0 aliphatic rings. The van der Waals surface area contributed by atoms with Crippen LogP contribution in [0, 0.1) is 5.82 Å². The van der Waals surface area contributed by atoms with Gasteiger partial charge in [0.05, 0.1) is 13.1 Å².